The van der Waals surface area contributed by atoms with Crippen molar-refractivity contribution in [2.75, 3.05) is 5.32 Å². The largest absolute Gasteiger partial charge is 0.320 e. The number of carbonyl (C=O) groups excluding carboxylic acids is 1. The number of anilines is 1. The second-order valence-corrected chi connectivity index (χ2v) is 3.73. The Morgan fingerprint density at radius 3 is 2.44 bits per heavy atom. The first-order chi connectivity index (χ1) is 8.54. The molecule has 0 unspecified atom stereocenters. The van der Waals surface area contributed by atoms with E-state index in [9.17, 15) is 13.6 Å². The topological polar surface area (TPSA) is 54.9 Å². The number of rotatable bonds is 2. The third kappa shape index (κ3) is 2.98. The van der Waals surface area contributed by atoms with Gasteiger partial charge >= 0.3 is 0 Å². The molecule has 0 radical (unpaired) electrons. The van der Waals surface area contributed by atoms with Crippen molar-refractivity contribution in [1.82, 2.24) is 9.97 Å². The van der Waals surface area contributed by atoms with Crippen molar-refractivity contribution in [3.8, 4) is 0 Å². The highest BCUT2D eigenvalue weighted by Gasteiger charge is 2.10. The fourth-order valence-corrected chi connectivity index (χ4v) is 1.42. The van der Waals surface area contributed by atoms with E-state index in [2.05, 4.69) is 15.3 Å². The maximum Gasteiger partial charge on any atom is 0.275 e. The Morgan fingerprint density at radius 1 is 1.17 bits per heavy atom. The highest BCUT2D eigenvalue weighted by molar-refractivity contribution is 6.29. The summed E-state index contributed by atoms with van der Waals surface area (Å²) in [6.45, 7) is 0. The van der Waals surface area contributed by atoms with Crippen molar-refractivity contribution < 1.29 is 13.6 Å². The molecule has 0 spiro atoms. The minimum absolute atomic E-state index is 0.0146. The molecule has 1 amide bonds. The van der Waals surface area contributed by atoms with Crippen molar-refractivity contribution in [3.05, 3.63) is 53.1 Å². The maximum absolute atomic E-state index is 12.9. The van der Waals surface area contributed by atoms with Crippen LogP contribution >= 0.6 is 11.6 Å². The van der Waals surface area contributed by atoms with Gasteiger partial charge in [-0.05, 0) is 12.1 Å². The van der Waals surface area contributed by atoms with Gasteiger partial charge in [-0.1, -0.05) is 11.6 Å². The molecular weight excluding hydrogens is 264 g/mol. The van der Waals surface area contributed by atoms with Crippen molar-refractivity contribution >= 4 is 23.2 Å². The van der Waals surface area contributed by atoms with E-state index in [1.165, 1.54) is 12.4 Å². The number of aromatic nitrogens is 2. The molecule has 2 rings (SSSR count). The number of carbonyl (C=O) groups is 1. The highest BCUT2D eigenvalue weighted by atomic mass is 35.5. The third-order valence-electron chi connectivity index (χ3n) is 1.96. The molecule has 4 nitrogen and oxygen atoms in total. The summed E-state index contributed by atoms with van der Waals surface area (Å²) in [5.74, 6) is -2.24. The Labute approximate surface area is 106 Å². The molecule has 7 heteroatoms. The van der Waals surface area contributed by atoms with Crippen LogP contribution in [0.3, 0.4) is 0 Å². The molecule has 1 aromatic carbocycles. The molecule has 0 aliphatic rings. The third-order valence-corrected chi connectivity index (χ3v) is 2.14. The predicted molar refractivity (Wildman–Crippen MR) is 61.4 cm³/mol. The van der Waals surface area contributed by atoms with Gasteiger partial charge in [0, 0.05) is 11.8 Å². The standard InChI is InChI=1S/C11H6ClF2N3O/c12-10-5-15-4-9(17-10)11(18)16-8-2-6(13)1-7(14)3-8/h1-5H,(H,16,18). The molecule has 0 aliphatic carbocycles. The van der Waals surface area contributed by atoms with Crippen LogP contribution in [0.4, 0.5) is 14.5 Å². The zero-order chi connectivity index (χ0) is 13.1. The molecule has 0 atom stereocenters. The summed E-state index contributed by atoms with van der Waals surface area (Å²) in [6, 6.07) is 2.67. The van der Waals surface area contributed by atoms with Gasteiger partial charge in [-0.15, -0.1) is 0 Å². The van der Waals surface area contributed by atoms with Crippen LogP contribution in [0.25, 0.3) is 0 Å². The Kier molecular flexibility index (Phi) is 3.47. The predicted octanol–water partition coefficient (Wildman–Crippen LogP) is 2.66. The Morgan fingerprint density at radius 2 is 1.83 bits per heavy atom. The fourth-order valence-electron chi connectivity index (χ4n) is 1.27. The molecule has 0 bridgehead atoms. The van der Waals surface area contributed by atoms with E-state index < -0.39 is 17.5 Å². The van der Waals surface area contributed by atoms with E-state index in [0.717, 1.165) is 12.1 Å². The lowest BCUT2D eigenvalue weighted by molar-refractivity contribution is 0.102. The zero-order valence-corrected chi connectivity index (χ0v) is 9.58. The summed E-state index contributed by atoms with van der Waals surface area (Å²) in [5, 5.41) is 2.34. The van der Waals surface area contributed by atoms with Crippen molar-refractivity contribution in [2.24, 2.45) is 0 Å². The van der Waals surface area contributed by atoms with Crippen LogP contribution in [0, 0.1) is 11.6 Å². The SMILES string of the molecule is O=C(Nc1cc(F)cc(F)c1)c1cncc(Cl)n1. The Hall–Kier alpha value is -2.08. The van der Waals surface area contributed by atoms with Crippen LogP contribution in [0.15, 0.2) is 30.6 Å². The van der Waals surface area contributed by atoms with Gasteiger partial charge in [0.1, 0.15) is 22.5 Å². The van der Waals surface area contributed by atoms with Crippen molar-refractivity contribution in [2.45, 2.75) is 0 Å². The highest BCUT2D eigenvalue weighted by Crippen LogP contribution is 2.14. The lowest BCUT2D eigenvalue weighted by Crippen LogP contribution is -2.14. The average Bonchev–Trinajstić information content (AvgIpc) is 2.27. The smallest absolute Gasteiger partial charge is 0.275 e. The van der Waals surface area contributed by atoms with Crippen molar-refractivity contribution in [3.63, 3.8) is 0 Å². The molecule has 0 saturated carbocycles. The summed E-state index contributed by atoms with van der Waals surface area (Å²) < 4.78 is 25.8. The maximum atomic E-state index is 12.9. The van der Waals surface area contributed by atoms with Crippen LogP contribution in [0.2, 0.25) is 5.15 Å². The van der Waals surface area contributed by atoms with E-state index >= 15 is 0 Å². The number of hydrogen-bond acceptors (Lipinski definition) is 3. The second kappa shape index (κ2) is 5.05. The second-order valence-electron chi connectivity index (χ2n) is 3.34. The molecule has 0 aliphatic heterocycles. The summed E-state index contributed by atoms with van der Waals surface area (Å²) in [4.78, 5) is 19.1. The fraction of sp³-hybridized carbons (Fsp3) is 0. The molecule has 18 heavy (non-hydrogen) atoms. The summed E-state index contributed by atoms with van der Waals surface area (Å²) in [5.41, 5.74) is -0.0635. The normalized spacial score (nSPS) is 10.2. The number of nitrogens with zero attached hydrogens (tertiary/aromatic N) is 2. The van der Waals surface area contributed by atoms with Gasteiger partial charge in [-0.25, -0.2) is 13.8 Å². The van der Waals surface area contributed by atoms with E-state index in [0.29, 0.717) is 6.07 Å². The Bertz CT molecular complexity index is 586. The molecule has 0 saturated heterocycles. The average molecular weight is 270 g/mol. The van der Waals surface area contributed by atoms with E-state index in [-0.39, 0.29) is 16.5 Å². The van der Waals surface area contributed by atoms with Crippen LogP contribution in [0.1, 0.15) is 10.5 Å². The van der Waals surface area contributed by atoms with Gasteiger partial charge in [0.05, 0.1) is 12.4 Å². The van der Waals surface area contributed by atoms with Crippen LogP contribution in [0.5, 0.6) is 0 Å². The lowest BCUT2D eigenvalue weighted by atomic mass is 10.3. The summed E-state index contributed by atoms with van der Waals surface area (Å²) >= 11 is 5.57. The molecular formula is C11H6ClF2N3O. The van der Waals surface area contributed by atoms with Gasteiger partial charge in [0.15, 0.2) is 0 Å². The van der Waals surface area contributed by atoms with E-state index in [1.54, 1.807) is 0 Å². The molecule has 1 aromatic heterocycles. The number of halogens is 3. The summed E-state index contributed by atoms with van der Waals surface area (Å²) in [6.07, 6.45) is 2.46. The monoisotopic (exact) mass is 269 g/mol. The summed E-state index contributed by atoms with van der Waals surface area (Å²) in [7, 11) is 0. The first-order valence-electron chi connectivity index (χ1n) is 4.79. The molecule has 2 aromatic rings. The van der Waals surface area contributed by atoms with E-state index in [1.807, 2.05) is 0 Å². The minimum Gasteiger partial charge on any atom is -0.320 e. The van der Waals surface area contributed by atoms with Crippen molar-refractivity contribution in [1.29, 1.82) is 0 Å². The number of amides is 1. The first kappa shape index (κ1) is 12.4. The van der Waals surface area contributed by atoms with Crippen LogP contribution < -0.4 is 5.32 Å². The van der Waals surface area contributed by atoms with Gasteiger partial charge in [-0.2, -0.15) is 0 Å². The van der Waals surface area contributed by atoms with Gasteiger partial charge in [-0.3, -0.25) is 9.78 Å². The molecule has 92 valence electrons. The zero-order valence-electron chi connectivity index (χ0n) is 8.82. The minimum atomic E-state index is -0.789. The van der Waals surface area contributed by atoms with Crippen LogP contribution in [-0.2, 0) is 0 Å². The van der Waals surface area contributed by atoms with Gasteiger partial charge in [0.25, 0.3) is 5.91 Å². The van der Waals surface area contributed by atoms with E-state index in [4.69, 9.17) is 11.6 Å². The van der Waals surface area contributed by atoms with Crippen LogP contribution in [-0.4, -0.2) is 15.9 Å². The molecule has 1 N–H and O–H groups in total. The number of nitrogens with one attached hydrogen (secondary N) is 1. The first-order valence-corrected chi connectivity index (χ1v) is 5.17. The van der Waals surface area contributed by atoms with Gasteiger partial charge in [0.2, 0.25) is 0 Å². The Balaban J connectivity index is 2.21. The molecule has 0 fully saturated rings. The lowest BCUT2D eigenvalue weighted by Gasteiger charge is -2.04. The quantitative estimate of drug-likeness (QED) is 0.912. The van der Waals surface area contributed by atoms with Gasteiger partial charge < -0.3 is 5.32 Å². The number of benzene rings is 1. The number of hydrogen-bond donors (Lipinski definition) is 1. The molecule has 1 heterocycles.